The molecule has 0 spiro atoms. The summed E-state index contributed by atoms with van der Waals surface area (Å²) in [6, 6.07) is 4.00. The van der Waals surface area contributed by atoms with Crippen LogP contribution in [0.3, 0.4) is 0 Å². The number of pyridine rings is 1. The quantitative estimate of drug-likeness (QED) is 0.860. The fourth-order valence-corrected chi connectivity index (χ4v) is 3.05. The second-order valence-electron chi connectivity index (χ2n) is 6.21. The maximum absolute atomic E-state index is 12.4. The summed E-state index contributed by atoms with van der Waals surface area (Å²) < 4.78 is 5.62. The van der Waals surface area contributed by atoms with Crippen LogP contribution in [0.15, 0.2) is 18.3 Å². The molecule has 2 aliphatic rings. The summed E-state index contributed by atoms with van der Waals surface area (Å²) in [6.07, 6.45) is 1.63. The minimum absolute atomic E-state index is 0.0530. The van der Waals surface area contributed by atoms with Crippen molar-refractivity contribution >= 4 is 5.91 Å². The monoisotopic (exact) mass is 304 g/mol. The van der Waals surface area contributed by atoms with Crippen molar-refractivity contribution in [2.24, 2.45) is 0 Å². The van der Waals surface area contributed by atoms with Gasteiger partial charge in [0.1, 0.15) is 0 Å². The molecule has 1 N–H and O–H groups in total. The number of rotatable bonds is 3. The van der Waals surface area contributed by atoms with Gasteiger partial charge in [0.25, 0.3) is 5.91 Å². The first-order valence-electron chi connectivity index (χ1n) is 7.87. The van der Waals surface area contributed by atoms with Gasteiger partial charge in [-0.1, -0.05) is 0 Å². The third-order valence-corrected chi connectivity index (χ3v) is 4.55. The van der Waals surface area contributed by atoms with E-state index in [1.54, 1.807) is 6.20 Å². The first-order valence-corrected chi connectivity index (χ1v) is 7.87. The van der Waals surface area contributed by atoms with E-state index in [0.29, 0.717) is 18.8 Å². The number of ether oxygens (including phenoxy) is 1. The predicted molar refractivity (Wildman–Crippen MR) is 83.9 cm³/mol. The highest BCUT2D eigenvalue weighted by molar-refractivity contribution is 5.94. The zero-order valence-electron chi connectivity index (χ0n) is 13.3. The van der Waals surface area contributed by atoms with Crippen LogP contribution in [0.1, 0.15) is 16.1 Å². The Bertz CT molecular complexity index is 511. The van der Waals surface area contributed by atoms with Crippen LogP contribution < -0.4 is 5.32 Å². The molecule has 120 valence electrons. The molecule has 0 saturated carbocycles. The molecule has 1 aromatic rings. The van der Waals surface area contributed by atoms with E-state index in [1.807, 2.05) is 19.1 Å². The van der Waals surface area contributed by atoms with Gasteiger partial charge in [-0.15, -0.1) is 0 Å². The number of amides is 1. The summed E-state index contributed by atoms with van der Waals surface area (Å²) in [5.74, 6) is -0.0675. The van der Waals surface area contributed by atoms with E-state index in [-0.39, 0.29) is 18.0 Å². The van der Waals surface area contributed by atoms with Gasteiger partial charge in [-0.05, 0) is 26.1 Å². The summed E-state index contributed by atoms with van der Waals surface area (Å²) in [5, 5.41) is 3.11. The van der Waals surface area contributed by atoms with Crippen LogP contribution in [0, 0.1) is 6.92 Å². The van der Waals surface area contributed by atoms with Crippen molar-refractivity contribution in [3.63, 3.8) is 0 Å². The second kappa shape index (κ2) is 6.73. The number of hydrogen-bond acceptors (Lipinski definition) is 5. The Morgan fingerprint density at radius 2 is 2.05 bits per heavy atom. The van der Waals surface area contributed by atoms with Crippen LogP contribution >= 0.6 is 0 Å². The average Bonchev–Trinajstić information content (AvgIpc) is 2.97. The highest BCUT2D eigenvalue weighted by atomic mass is 16.5. The summed E-state index contributed by atoms with van der Waals surface area (Å²) in [6.45, 7) is 7.39. The maximum atomic E-state index is 12.4. The Kier molecular flexibility index (Phi) is 4.71. The second-order valence-corrected chi connectivity index (χ2v) is 6.21. The molecule has 1 aromatic heterocycles. The van der Waals surface area contributed by atoms with Crippen LogP contribution in [0.4, 0.5) is 0 Å². The van der Waals surface area contributed by atoms with Gasteiger partial charge in [0, 0.05) is 38.1 Å². The molecule has 1 amide bonds. The van der Waals surface area contributed by atoms with Crippen LogP contribution in [-0.4, -0.2) is 79.2 Å². The van der Waals surface area contributed by atoms with E-state index >= 15 is 0 Å². The Morgan fingerprint density at radius 1 is 1.27 bits per heavy atom. The molecule has 22 heavy (non-hydrogen) atoms. The Balaban J connectivity index is 1.61. The van der Waals surface area contributed by atoms with Crippen molar-refractivity contribution in [1.29, 1.82) is 0 Å². The summed E-state index contributed by atoms with van der Waals surface area (Å²) in [7, 11) is 2.14. The molecule has 2 atom stereocenters. The van der Waals surface area contributed by atoms with Crippen LogP contribution in [-0.2, 0) is 4.74 Å². The molecule has 0 bridgehead atoms. The van der Waals surface area contributed by atoms with Crippen molar-refractivity contribution in [2.75, 3.05) is 46.4 Å². The number of carbonyl (C=O) groups is 1. The molecule has 3 heterocycles. The predicted octanol–water partition coefficient (Wildman–Crippen LogP) is 0.135. The van der Waals surface area contributed by atoms with Gasteiger partial charge in [0.05, 0.1) is 30.9 Å². The third-order valence-electron chi connectivity index (χ3n) is 4.55. The normalized spacial score (nSPS) is 27.0. The lowest BCUT2D eigenvalue weighted by Gasteiger charge is -2.38. The average molecular weight is 304 g/mol. The molecule has 2 aliphatic heterocycles. The lowest BCUT2D eigenvalue weighted by atomic mass is 10.1. The smallest absolute Gasteiger partial charge is 0.253 e. The number of aryl methyl sites for hydroxylation is 1. The molecule has 3 rings (SSSR count). The zero-order valence-corrected chi connectivity index (χ0v) is 13.3. The van der Waals surface area contributed by atoms with Crippen LogP contribution in [0.5, 0.6) is 0 Å². The Labute approximate surface area is 131 Å². The van der Waals surface area contributed by atoms with Gasteiger partial charge in [0.2, 0.25) is 0 Å². The largest absolute Gasteiger partial charge is 0.378 e. The van der Waals surface area contributed by atoms with Crippen molar-refractivity contribution < 1.29 is 9.53 Å². The number of carbonyl (C=O) groups excluding carboxylic acids is 1. The number of piperazine rings is 1. The number of aromatic nitrogens is 1. The molecule has 0 aromatic carbocycles. The molecule has 0 unspecified atom stereocenters. The van der Waals surface area contributed by atoms with Gasteiger partial charge in [-0.3, -0.25) is 14.7 Å². The SMILES string of the molecule is Cc1ccc(C(=O)N[C@H]2COC[C@@H]2N2CCN(C)CC2)cn1. The number of nitrogens with one attached hydrogen (secondary N) is 1. The molecular weight excluding hydrogens is 280 g/mol. The topological polar surface area (TPSA) is 57.7 Å². The highest BCUT2D eigenvalue weighted by Crippen LogP contribution is 2.16. The third kappa shape index (κ3) is 3.45. The lowest BCUT2D eigenvalue weighted by molar-refractivity contribution is 0.0829. The van der Waals surface area contributed by atoms with E-state index in [2.05, 4.69) is 27.1 Å². The minimum atomic E-state index is -0.0675. The van der Waals surface area contributed by atoms with E-state index in [0.717, 1.165) is 31.9 Å². The molecule has 0 radical (unpaired) electrons. The van der Waals surface area contributed by atoms with Crippen LogP contribution in [0.25, 0.3) is 0 Å². The van der Waals surface area contributed by atoms with Gasteiger partial charge >= 0.3 is 0 Å². The minimum Gasteiger partial charge on any atom is -0.378 e. The van der Waals surface area contributed by atoms with Crippen molar-refractivity contribution in [2.45, 2.75) is 19.0 Å². The van der Waals surface area contributed by atoms with Gasteiger partial charge in [-0.2, -0.15) is 0 Å². The van der Waals surface area contributed by atoms with Crippen molar-refractivity contribution in [3.05, 3.63) is 29.6 Å². The van der Waals surface area contributed by atoms with Crippen LogP contribution in [0.2, 0.25) is 0 Å². The zero-order chi connectivity index (χ0) is 15.5. The van der Waals surface area contributed by atoms with Gasteiger partial charge < -0.3 is 15.0 Å². The summed E-state index contributed by atoms with van der Waals surface area (Å²) >= 11 is 0. The van der Waals surface area contributed by atoms with E-state index in [9.17, 15) is 4.79 Å². The molecule has 2 fully saturated rings. The fraction of sp³-hybridized carbons (Fsp3) is 0.625. The van der Waals surface area contributed by atoms with Crippen molar-refractivity contribution in [3.8, 4) is 0 Å². The fourth-order valence-electron chi connectivity index (χ4n) is 3.05. The molecule has 6 heteroatoms. The molecule has 6 nitrogen and oxygen atoms in total. The molecular formula is C16H24N4O2. The van der Waals surface area contributed by atoms with Gasteiger partial charge in [-0.25, -0.2) is 0 Å². The number of likely N-dealkylation sites (N-methyl/N-ethyl adjacent to an activating group) is 1. The van der Waals surface area contributed by atoms with E-state index in [4.69, 9.17) is 4.74 Å². The Hall–Kier alpha value is -1.50. The lowest BCUT2D eigenvalue weighted by Crippen LogP contribution is -2.56. The Morgan fingerprint density at radius 3 is 2.73 bits per heavy atom. The highest BCUT2D eigenvalue weighted by Gasteiger charge is 2.35. The van der Waals surface area contributed by atoms with Crippen molar-refractivity contribution in [1.82, 2.24) is 20.1 Å². The summed E-state index contributed by atoms with van der Waals surface area (Å²) in [5.41, 5.74) is 1.52. The van der Waals surface area contributed by atoms with E-state index < -0.39 is 0 Å². The number of hydrogen-bond donors (Lipinski definition) is 1. The number of nitrogens with zero attached hydrogens (tertiary/aromatic N) is 3. The standard InChI is InChI=1S/C16H24N4O2/c1-12-3-4-13(9-17-12)16(21)18-14-10-22-11-15(14)20-7-5-19(2)6-8-20/h3-4,9,14-15H,5-8,10-11H2,1-2H3,(H,18,21)/t14-,15-/m0/s1. The first kappa shape index (κ1) is 15.4. The molecule has 2 saturated heterocycles. The van der Waals surface area contributed by atoms with E-state index in [1.165, 1.54) is 0 Å². The maximum Gasteiger partial charge on any atom is 0.253 e. The van der Waals surface area contributed by atoms with Gasteiger partial charge in [0.15, 0.2) is 0 Å². The summed E-state index contributed by atoms with van der Waals surface area (Å²) in [4.78, 5) is 21.3. The first-order chi connectivity index (χ1) is 10.6. The molecule has 0 aliphatic carbocycles.